The molecule has 1 aromatic heterocycles. The third-order valence-corrected chi connectivity index (χ3v) is 7.07. The van der Waals surface area contributed by atoms with Crippen LogP contribution in [-0.2, 0) is 9.59 Å². The van der Waals surface area contributed by atoms with Gasteiger partial charge in [0.05, 0.1) is 17.4 Å². The summed E-state index contributed by atoms with van der Waals surface area (Å²) in [6.07, 6.45) is 9.36. The van der Waals surface area contributed by atoms with Crippen LogP contribution < -0.4 is 0 Å². The van der Waals surface area contributed by atoms with E-state index in [9.17, 15) is 9.59 Å². The van der Waals surface area contributed by atoms with Gasteiger partial charge in [-0.3, -0.25) is 9.59 Å². The standard InChI is InChI=1S/C21H30N4O2/c1-14(2)25-11-18(22-13-25)17-10-24(19(26)16-5-6-16)12-21(17)7-8-23(20(21)27)9-15-3-4-15/h11,13-17H,3-10,12H2,1-2H3/t17-,21+/m0/s1. The van der Waals surface area contributed by atoms with Crippen molar-refractivity contribution in [2.45, 2.75) is 57.9 Å². The highest BCUT2D eigenvalue weighted by Gasteiger charge is 2.59. The summed E-state index contributed by atoms with van der Waals surface area (Å²) >= 11 is 0. The molecule has 4 aliphatic rings. The van der Waals surface area contributed by atoms with Gasteiger partial charge in [-0.15, -0.1) is 0 Å². The number of aromatic nitrogens is 2. The molecule has 0 radical (unpaired) electrons. The summed E-state index contributed by atoms with van der Waals surface area (Å²) in [6, 6.07) is 0.346. The van der Waals surface area contributed by atoms with Crippen molar-refractivity contribution < 1.29 is 9.59 Å². The van der Waals surface area contributed by atoms with Gasteiger partial charge in [0.15, 0.2) is 0 Å². The number of hydrogen-bond acceptors (Lipinski definition) is 3. The molecule has 5 rings (SSSR count). The number of rotatable bonds is 5. The minimum atomic E-state index is -0.463. The predicted octanol–water partition coefficient (Wildman–Crippen LogP) is 2.43. The smallest absolute Gasteiger partial charge is 0.231 e. The zero-order valence-electron chi connectivity index (χ0n) is 16.4. The summed E-state index contributed by atoms with van der Waals surface area (Å²) in [5, 5.41) is 0. The second-order valence-electron chi connectivity index (χ2n) is 9.49. The highest BCUT2D eigenvalue weighted by atomic mass is 16.2. The van der Waals surface area contributed by atoms with Crippen LogP contribution in [0.1, 0.15) is 63.6 Å². The molecule has 1 spiro atoms. The van der Waals surface area contributed by atoms with Crippen LogP contribution in [0.5, 0.6) is 0 Å². The highest BCUT2D eigenvalue weighted by molar-refractivity contribution is 5.89. The quantitative estimate of drug-likeness (QED) is 0.800. The molecule has 2 saturated heterocycles. The molecular formula is C21H30N4O2. The molecule has 0 N–H and O–H groups in total. The van der Waals surface area contributed by atoms with E-state index < -0.39 is 5.41 Å². The summed E-state index contributed by atoms with van der Waals surface area (Å²) in [4.78, 5) is 35.1. The van der Waals surface area contributed by atoms with E-state index in [1.165, 1.54) is 12.8 Å². The lowest BCUT2D eigenvalue weighted by Gasteiger charge is -2.28. The van der Waals surface area contributed by atoms with Crippen molar-refractivity contribution in [3.05, 3.63) is 18.2 Å². The summed E-state index contributed by atoms with van der Waals surface area (Å²) in [7, 11) is 0. The van der Waals surface area contributed by atoms with Crippen molar-refractivity contribution in [1.29, 1.82) is 0 Å². The summed E-state index contributed by atoms with van der Waals surface area (Å²) in [6.45, 7) is 7.25. The first-order valence-corrected chi connectivity index (χ1v) is 10.6. The van der Waals surface area contributed by atoms with Crippen molar-refractivity contribution in [2.24, 2.45) is 17.3 Å². The van der Waals surface area contributed by atoms with Crippen LogP contribution in [0.4, 0.5) is 0 Å². The van der Waals surface area contributed by atoms with E-state index >= 15 is 0 Å². The Hall–Kier alpha value is -1.85. The highest BCUT2D eigenvalue weighted by Crippen LogP contribution is 2.51. The minimum absolute atomic E-state index is 0.0249. The maximum absolute atomic E-state index is 13.5. The molecule has 2 atom stereocenters. The minimum Gasteiger partial charge on any atom is -0.342 e. The molecule has 1 aromatic rings. The Morgan fingerprint density at radius 2 is 2.07 bits per heavy atom. The van der Waals surface area contributed by atoms with Crippen LogP contribution in [0.3, 0.4) is 0 Å². The third-order valence-electron chi connectivity index (χ3n) is 7.07. The SMILES string of the molecule is CC(C)n1cnc([C@@H]2CN(C(=O)C3CC3)C[C@]23CCN(CC2CC2)C3=O)c1. The number of imidazole rings is 1. The van der Waals surface area contributed by atoms with Gasteiger partial charge in [-0.1, -0.05) is 0 Å². The van der Waals surface area contributed by atoms with Crippen molar-refractivity contribution in [1.82, 2.24) is 19.4 Å². The second kappa shape index (κ2) is 6.08. The summed E-state index contributed by atoms with van der Waals surface area (Å²) in [5.41, 5.74) is 0.520. The van der Waals surface area contributed by atoms with Gasteiger partial charge in [0.1, 0.15) is 0 Å². The van der Waals surface area contributed by atoms with Gasteiger partial charge in [-0.05, 0) is 51.9 Å². The lowest BCUT2D eigenvalue weighted by molar-refractivity contribution is -0.137. The molecule has 2 amide bonds. The Morgan fingerprint density at radius 3 is 2.70 bits per heavy atom. The van der Waals surface area contributed by atoms with Crippen molar-refractivity contribution in [3.8, 4) is 0 Å². The van der Waals surface area contributed by atoms with Crippen LogP contribution in [0.25, 0.3) is 0 Å². The van der Waals surface area contributed by atoms with Gasteiger partial charge in [0.2, 0.25) is 11.8 Å². The van der Waals surface area contributed by atoms with Gasteiger partial charge < -0.3 is 14.4 Å². The normalized spacial score (nSPS) is 30.9. The summed E-state index contributed by atoms with van der Waals surface area (Å²) < 4.78 is 2.11. The number of carbonyl (C=O) groups excluding carboxylic acids is 2. The van der Waals surface area contributed by atoms with E-state index in [1.54, 1.807) is 0 Å². The first kappa shape index (κ1) is 17.3. The Labute approximate surface area is 160 Å². The zero-order chi connectivity index (χ0) is 18.8. The van der Waals surface area contributed by atoms with Gasteiger partial charge in [0, 0.05) is 50.3 Å². The molecule has 27 heavy (non-hydrogen) atoms. The van der Waals surface area contributed by atoms with Crippen LogP contribution in [0.15, 0.2) is 12.5 Å². The largest absolute Gasteiger partial charge is 0.342 e. The topological polar surface area (TPSA) is 58.4 Å². The fourth-order valence-electron chi connectivity index (χ4n) is 4.97. The Bertz CT molecular complexity index is 764. The van der Waals surface area contributed by atoms with Gasteiger partial charge in [-0.2, -0.15) is 0 Å². The number of amides is 2. The van der Waals surface area contributed by atoms with Crippen LogP contribution in [-0.4, -0.2) is 57.3 Å². The average molecular weight is 370 g/mol. The molecular weight excluding hydrogens is 340 g/mol. The molecule has 6 nitrogen and oxygen atoms in total. The molecule has 2 aliphatic heterocycles. The van der Waals surface area contributed by atoms with E-state index in [1.807, 2.05) is 11.2 Å². The number of likely N-dealkylation sites (tertiary alicyclic amines) is 2. The fraction of sp³-hybridized carbons (Fsp3) is 0.762. The number of hydrogen-bond donors (Lipinski definition) is 0. The molecule has 0 bridgehead atoms. The van der Waals surface area contributed by atoms with Crippen molar-refractivity contribution >= 4 is 11.8 Å². The first-order valence-electron chi connectivity index (χ1n) is 10.6. The van der Waals surface area contributed by atoms with Gasteiger partial charge >= 0.3 is 0 Å². The number of nitrogens with zero attached hydrogens (tertiary/aromatic N) is 4. The zero-order valence-corrected chi connectivity index (χ0v) is 16.4. The third kappa shape index (κ3) is 2.88. The average Bonchev–Trinajstić information content (AvgIpc) is 3.55. The van der Waals surface area contributed by atoms with E-state index in [2.05, 4.69) is 34.5 Å². The van der Waals surface area contributed by atoms with E-state index in [4.69, 9.17) is 0 Å². The second-order valence-corrected chi connectivity index (χ2v) is 9.49. The van der Waals surface area contributed by atoms with Crippen molar-refractivity contribution in [2.75, 3.05) is 26.2 Å². The monoisotopic (exact) mass is 370 g/mol. The first-order chi connectivity index (χ1) is 13.0. The van der Waals surface area contributed by atoms with Crippen LogP contribution in [0, 0.1) is 17.3 Å². The molecule has 2 aliphatic carbocycles. The lowest BCUT2D eigenvalue weighted by Crippen LogP contribution is -2.41. The van der Waals surface area contributed by atoms with Gasteiger partial charge in [0.25, 0.3) is 0 Å². The summed E-state index contributed by atoms with van der Waals surface area (Å²) in [5.74, 6) is 1.46. The van der Waals surface area contributed by atoms with Gasteiger partial charge in [-0.25, -0.2) is 4.98 Å². The molecule has 146 valence electrons. The van der Waals surface area contributed by atoms with E-state index in [-0.39, 0.29) is 23.7 Å². The molecule has 3 heterocycles. The van der Waals surface area contributed by atoms with Crippen molar-refractivity contribution in [3.63, 3.8) is 0 Å². The maximum atomic E-state index is 13.5. The fourth-order valence-corrected chi connectivity index (χ4v) is 4.97. The Balaban J connectivity index is 1.45. The Kier molecular flexibility index (Phi) is 3.89. The molecule has 6 heteroatoms. The molecule has 0 unspecified atom stereocenters. The van der Waals surface area contributed by atoms with Crippen LogP contribution in [0.2, 0.25) is 0 Å². The lowest BCUT2D eigenvalue weighted by atomic mass is 9.75. The Morgan fingerprint density at radius 1 is 1.30 bits per heavy atom. The van der Waals surface area contributed by atoms with E-state index in [0.29, 0.717) is 25.0 Å². The molecule has 4 fully saturated rings. The molecule has 0 aromatic carbocycles. The van der Waals surface area contributed by atoms with E-state index in [0.717, 1.165) is 38.0 Å². The van der Waals surface area contributed by atoms with Crippen LogP contribution >= 0.6 is 0 Å². The number of carbonyl (C=O) groups is 2. The predicted molar refractivity (Wildman–Crippen MR) is 101 cm³/mol. The molecule has 2 saturated carbocycles. The maximum Gasteiger partial charge on any atom is 0.231 e.